The minimum absolute atomic E-state index is 0.640. The topological polar surface area (TPSA) is 25.8 Å². The van der Waals surface area contributed by atoms with E-state index in [1.807, 2.05) is 0 Å². The highest BCUT2D eigenvalue weighted by molar-refractivity contribution is 9.11. The standard InChI is InChI=1S/C6H9BrN2S/c1-4(2)3-5-8-6(7)10-9-5/h4H,3H2,1-2H3. The zero-order valence-electron chi connectivity index (χ0n) is 5.97. The lowest BCUT2D eigenvalue weighted by Crippen LogP contribution is -1.95. The Hall–Kier alpha value is 0.0400. The van der Waals surface area contributed by atoms with Crippen LogP contribution >= 0.6 is 27.5 Å². The maximum atomic E-state index is 4.17. The number of nitrogens with zero attached hydrogens (tertiary/aromatic N) is 2. The molecule has 0 saturated heterocycles. The van der Waals surface area contributed by atoms with Gasteiger partial charge in [-0.3, -0.25) is 0 Å². The van der Waals surface area contributed by atoms with Gasteiger partial charge in [0.1, 0.15) is 5.82 Å². The van der Waals surface area contributed by atoms with Crippen molar-refractivity contribution >= 4 is 27.5 Å². The highest BCUT2D eigenvalue weighted by Crippen LogP contribution is 2.13. The summed E-state index contributed by atoms with van der Waals surface area (Å²) in [5, 5.41) is 0. The summed E-state index contributed by atoms with van der Waals surface area (Å²) in [5.41, 5.74) is 0. The van der Waals surface area contributed by atoms with Crippen molar-refractivity contribution in [3.8, 4) is 0 Å². The van der Waals surface area contributed by atoms with Crippen molar-refractivity contribution in [3.05, 3.63) is 9.74 Å². The van der Waals surface area contributed by atoms with Gasteiger partial charge in [-0.1, -0.05) is 13.8 Å². The van der Waals surface area contributed by atoms with Gasteiger partial charge in [0.05, 0.1) is 0 Å². The first-order valence-electron chi connectivity index (χ1n) is 3.16. The quantitative estimate of drug-likeness (QED) is 0.766. The fourth-order valence-electron chi connectivity index (χ4n) is 0.681. The Kier molecular flexibility index (Phi) is 2.80. The molecule has 1 rings (SSSR count). The summed E-state index contributed by atoms with van der Waals surface area (Å²) in [5.74, 6) is 1.59. The molecular formula is C6H9BrN2S. The maximum Gasteiger partial charge on any atom is 0.179 e. The Bertz CT molecular complexity index is 209. The molecule has 0 atom stereocenters. The van der Waals surface area contributed by atoms with Gasteiger partial charge in [0.25, 0.3) is 0 Å². The van der Waals surface area contributed by atoms with Crippen molar-refractivity contribution in [1.29, 1.82) is 0 Å². The fraction of sp³-hybridized carbons (Fsp3) is 0.667. The van der Waals surface area contributed by atoms with E-state index in [0.29, 0.717) is 5.92 Å². The van der Waals surface area contributed by atoms with E-state index >= 15 is 0 Å². The molecule has 0 amide bonds. The average Bonchev–Trinajstić information content (AvgIpc) is 2.13. The second-order valence-corrected chi connectivity index (χ2v) is 4.59. The Morgan fingerprint density at radius 3 is 2.70 bits per heavy atom. The summed E-state index contributed by atoms with van der Waals surface area (Å²) >= 11 is 4.67. The molecule has 0 unspecified atom stereocenters. The lowest BCUT2D eigenvalue weighted by Gasteiger charge is -1.96. The third-order valence-electron chi connectivity index (χ3n) is 1.03. The number of halogens is 1. The highest BCUT2D eigenvalue weighted by atomic mass is 79.9. The molecule has 1 aromatic rings. The molecular weight excluding hydrogens is 212 g/mol. The van der Waals surface area contributed by atoms with E-state index < -0.39 is 0 Å². The van der Waals surface area contributed by atoms with E-state index in [1.54, 1.807) is 0 Å². The van der Waals surface area contributed by atoms with Crippen LogP contribution < -0.4 is 0 Å². The number of hydrogen-bond acceptors (Lipinski definition) is 3. The first-order valence-corrected chi connectivity index (χ1v) is 4.73. The molecule has 0 radical (unpaired) electrons. The monoisotopic (exact) mass is 220 g/mol. The van der Waals surface area contributed by atoms with Gasteiger partial charge in [-0.25, -0.2) is 4.98 Å². The van der Waals surface area contributed by atoms with Crippen LogP contribution in [0.25, 0.3) is 0 Å². The van der Waals surface area contributed by atoms with E-state index in [-0.39, 0.29) is 0 Å². The fourth-order valence-corrected chi connectivity index (χ4v) is 1.54. The van der Waals surface area contributed by atoms with E-state index in [2.05, 4.69) is 39.1 Å². The van der Waals surface area contributed by atoms with Crippen molar-refractivity contribution in [2.75, 3.05) is 0 Å². The molecule has 0 saturated carbocycles. The molecule has 0 spiro atoms. The van der Waals surface area contributed by atoms with Crippen LogP contribution in [-0.2, 0) is 6.42 Å². The molecule has 0 fully saturated rings. The van der Waals surface area contributed by atoms with Gasteiger partial charge in [0.15, 0.2) is 3.92 Å². The molecule has 1 aromatic heterocycles. The van der Waals surface area contributed by atoms with E-state index in [4.69, 9.17) is 0 Å². The predicted molar refractivity (Wildman–Crippen MR) is 46.2 cm³/mol. The molecule has 1 heterocycles. The second kappa shape index (κ2) is 3.44. The van der Waals surface area contributed by atoms with Crippen molar-refractivity contribution < 1.29 is 0 Å². The molecule has 0 aliphatic heterocycles. The van der Waals surface area contributed by atoms with Gasteiger partial charge < -0.3 is 0 Å². The Morgan fingerprint density at radius 2 is 2.30 bits per heavy atom. The first-order chi connectivity index (χ1) is 4.68. The molecule has 4 heteroatoms. The van der Waals surface area contributed by atoms with Crippen LogP contribution in [0.15, 0.2) is 3.92 Å². The normalized spacial score (nSPS) is 10.8. The first kappa shape index (κ1) is 8.14. The molecule has 0 aliphatic rings. The molecule has 56 valence electrons. The van der Waals surface area contributed by atoms with Gasteiger partial charge in [0, 0.05) is 6.42 Å². The third kappa shape index (κ3) is 2.34. The predicted octanol–water partition coefficient (Wildman–Crippen LogP) is 2.50. The summed E-state index contributed by atoms with van der Waals surface area (Å²) in [4.78, 5) is 4.17. The van der Waals surface area contributed by atoms with Gasteiger partial charge >= 0.3 is 0 Å². The summed E-state index contributed by atoms with van der Waals surface area (Å²) in [6.45, 7) is 4.32. The average molecular weight is 221 g/mol. The van der Waals surface area contributed by atoms with Crippen molar-refractivity contribution in [2.45, 2.75) is 20.3 Å². The van der Waals surface area contributed by atoms with Crippen molar-refractivity contribution in [2.24, 2.45) is 5.92 Å². The Morgan fingerprint density at radius 1 is 1.60 bits per heavy atom. The lowest BCUT2D eigenvalue weighted by molar-refractivity contribution is 0.626. The van der Waals surface area contributed by atoms with E-state index in [1.165, 1.54) is 11.5 Å². The lowest BCUT2D eigenvalue weighted by atomic mass is 10.1. The molecule has 0 N–H and O–H groups in total. The molecule has 0 bridgehead atoms. The van der Waals surface area contributed by atoms with Crippen LogP contribution in [0.3, 0.4) is 0 Å². The summed E-state index contributed by atoms with van der Waals surface area (Å²) < 4.78 is 5.02. The summed E-state index contributed by atoms with van der Waals surface area (Å²) in [6.07, 6.45) is 0.974. The van der Waals surface area contributed by atoms with Gasteiger partial charge in [0.2, 0.25) is 0 Å². The largest absolute Gasteiger partial charge is 0.212 e. The maximum absolute atomic E-state index is 4.17. The van der Waals surface area contributed by atoms with E-state index in [9.17, 15) is 0 Å². The molecule has 0 aliphatic carbocycles. The Balaban J connectivity index is 2.58. The van der Waals surface area contributed by atoms with Crippen LogP contribution in [0.5, 0.6) is 0 Å². The van der Waals surface area contributed by atoms with E-state index in [0.717, 1.165) is 16.2 Å². The third-order valence-corrected chi connectivity index (χ3v) is 2.19. The van der Waals surface area contributed by atoms with Crippen LogP contribution in [0, 0.1) is 5.92 Å². The van der Waals surface area contributed by atoms with Crippen LogP contribution in [0.2, 0.25) is 0 Å². The SMILES string of the molecule is CC(C)Cc1nsc(Br)n1. The zero-order chi connectivity index (χ0) is 7.56. The molecule has 0 aromatic carbocycles. The van der Waals surface area contributed by atoms with Crippen molar-refractivity contribution in [3.63, 3.8) is 0 Å². The van der Waals surface area contributed by atoms with Crippen LogP contribution in [-0.4, -0.2) is 9.36 Å². The summed E-state index contributed by atoms with van der Waals surface area (Å²) in [7, 11) is 0. The smallest absolute Gasteiger partial charge is 0.179 e. The van der Waals surface area contributed by atoms with Crippen molar-refractivity contribution in [1.82, 2.24) is 9.36 Å². The zero-order valence-corrected chi connectivity index (χ0v) is 8.37. The minimum Gasteiger partial charge on any atom is -0.212 e. The number of rotatable bonds is 2. The Labute approximate surface area is 73.0 Å². The van der Waals surface area contributed by atoms with Crippen LogP contribution in [0.4, 0.5) is 0 Å². The van der Waals surface area contributed by atoms with Crippen LogP contribution in [0.1, 0.15) is 19.7 Å². The van der Waals surface area contributed by atoms with Gasteiger partial charge in [-0.2, -0.15) is 4.37 Å². The highest BCUT2D eigenvalue weighted by Gasteiger charge is 2.02. The minimum atomic E-state index is 0.640. The second-order valence-electron chi connectivity index (χ2n) is 2.56. The van der Waals surface area contributed by atoms with Gasteiger partial charge in [-0.05, 0) is 33.4 Å². The number of hydrogen-bond donors (Lipinski definition) is 0. The number of aromatic nitrogens is 2. The summed E-state index contributed by atoms with van der Waals surface area (Å²) in [6, 6.07) is 0. The molecule has 2 nitrogen and oxygen atoms in total. The van der Waals surface area contributed by atoms with Gasteiger partial charge in [-0.15, -0.1) is 0 Å². The molecule has 10 heavy (non-hydrogen) atoms.